The van der Waals surface area contributed by atoms with Crippen LogP contribution in [0.2, 0.25) is 0 Å². The van der Waals surface area contributed by atoms with Crippen molar-refractivity contribution in [3.63, 3.8) is 0 Å². The van der Waals surface area contributed by atoms with Crippen molar-refractivity contribution in [2.75, 3.05) is 0 Å². The largest absolute Gasteiger partial charge is 0.290 e. The van der Waals surface area contributed by atoms with Crippen LogP contribution in [0.1, 0.15) is 19.3 Å². The van der Waals surface area contributed by atoms with Crippen molar-refractivity contribution in [3.8, 4) is 0 Å². The average Bonchev–Trinajstić information content (AvgIpc) is 2.33. The van der Waals surface area contributed by atoms with Gasteiger partial charge in [-0.05, 0) is 12.8 Å². The number of hydrogen-bond acceptors (Lipinski definition) is 3. The summed E-state index contributed by atoms with van der Waals surface area (Å²) in [7, 11) is 0. The summed E-state index contributed by atoms with van der Waals surface area (Å²) in [5.41, 5.74) is 0. The molecule has 4 heteroatoms. The van der Waals surface area contributed by atoms with Crippen molar-refractivity contribution in [2.45, 2.75) is 23.2 Å². The fourth-order valence-corrected chi connectivity index (χ4v) is 3.49. The first-order valence-corrected chi connectivity index (χ1v) is 5.64. The van der Waals surface area contributed by atoms with Gasteiger partial charge in [0.05, 0.1) is 0 Å². The van der Waals surface area contributed by atoms with Gasteiger partial charge in [0, 0.05) is 15.8 Å². The zero-order valence-electron chi connectivity index (χ0n) is 6.96. The van der Waals surface area contributed by atoms with E-state index in [0.29, 0.717) is 0 Å². The highest BCUT2D eigenvalue weighted by molar-refractivity contribution is 14.1. The zero-order chi connectivity index (χ0) is 9.59. The Balaban J connectivity index is 2.35. The predicted molar refractivity (Wildman–Crippen MR) is 53.7 cm³/mol. The summed E-state index contributed by atoms with van der Waals surface area (Å²) in [4.78, 5) is 33.8. The standard InChI is InChI=1S/C9H9IO3/c10-5-3-1-2-4-6(5)8(12)9(13)7(4)11/h4-6H,1-3H2. The molecule has 0 aromatic rings. The van der Waals surface area contributed by atoms with Crippen LogP contribution < -0.4 is 0 Å². The molecule has 0 amide bonds. The van der Waals surface area contributed by atoms with Crippen LogP contribution in [0.15, 0.2) is 0 Å². The summed E-state index contributed by atoms with van der Waals surface area (Å²) >= 11 is 2.18. The Hall–Kier alpha value is -0.260. The first kappa shape index (κ1) is 9.30. The minimum Gasteiger partial charge on any atom is -0.290 e. The molecule has 0 radical (unpaired) electrons. The maximum absolute atomic E-state index is 11.4. The minimum atomic E-state index is -0.751. The fraction of sp³-hybridized carbons (Fsp3) is 0.667. The Labute approximate surface area is 89.4 Å². The van der Waals surface area contributed by atoms with Crippen LogP contribution in [0.4, 0.5) is 0 Å². The van der Waals surface area contributed by atoms with Gasteiger partial charge < -0.3 is 0 Å². The molecule has 2 saturated carbocycles. The molecule has 13 heavy (non-hydrogen) atoms. The molecular formula is C9H9IO3. The van der Waals surface area contributed by atoms with Crippen LogP contribution >= 0.6 is 22.6 Å². The van der Waals surface area contributed by atoms with E-state index in [9.17, 15) is 14.4 Å². The number of fused-ring (bicyclic) bond motifs is 1. The molecule has 0 aromatic heterocycles. The van der Waals surface area contributed by atoms with E-state index >= 15 is 0 Å². The van der Waals surface area contributed by atoms with Gasteiger partial charge in [0.1, 0.15) is 0 Å². The smallest absolute Gasteiger partial charge is 0.264 e. The summed E-state index contributed by atoms with van der Waals surface area (Å²) in [6.07, 6.45) is 2.63. The lowest BCUT2D eigenvalue weighted by Crippen LogP contribution is -2.30. The average molecular weight is 292 g/mol. The lowest BCUT2D eigenvalue weighted by Gasteiger charge is -2.26. The number of carbonyl (C=O) groups is 3. The van der Waals surface area contributed by atoms with Gasteiger partial charge in [-0.2, -0.15) is 0 Å². The molecule has 0 spiro atoms. The zero-order valence-corrected chi connectivity index (χ0v) is 9.11. The lowest BCUT2D eigenvalue weighted by atomic mass is 9.81. The molecule has 0 heterocycles. The van der Waals surface area contributed by atoms with Crippen LogP contribution in [0, 0.1) is 11.8 Å². The van der Waals surface area contributed by atoms with Gasteiger partial charge in [-0.15, -0.1) is 0 Å². The van der Waals surface area contributed by atoms with Crippen molar-refractivity contribution in [1.82, 2.24) is 0 Å². The molecule has 3 nitrogen and oxygen atoms in total. The molecule has 70 valence electrons. The fourth-order valence-electron chi connectivity index (χ4n) is 2.23. The van der Waals surface area contributed by atoms with Gasteiger partial charge in [-0.1, -0.05) is 29.0 Å². The van der Waals surface area contributed by atoms with Crippen molar-refractivity contribution < 1.29 is 14.4 Å². The number of carbonyl (C=O) groups excluding carboxylic acids is 3. The van der Waals surface area contributed by atoms with E-state index in [2.05, 4.69) is 22.6 Å². The highest BCUT2D eigenvalue weighted by atomic mass is 127. The Morgan fingerprint density at radius 1 is 1.08 bits per heavy atom. The van der Waals surface area contributed by atoms with Crippen LogP contribution in [0.5, 0.6) is 0 Å². The van der Waals surface area contributed by atoms with Crippen molar-refractivity contribution >= 4 is 39.9 Å². The van der Waals surface area contributed by atoms with E-state index in [4.69, 9.17) is 0 Å². The van der Waals surface area contributed by atoms with Crippen LogP contribution in [0.3, 0.4) is 0 Å². The molecule has 0 aromatic carbocycles. The normalized spacial score (nSPS) is 39.5. The number of halogens is 1. The third kappa shape index (κ3) is 1.26. The van der Waals surface area contributed by atoms with Crippen LogP contribution in [0.25, 0.3) is 0 Å². The van der Waals surface area contributed by atoms with Gasteiger partial charge in [0.15, 0.2) is 0 Å². The van der Waals surface area contributed by atoms with Gasteiger partial charge in [0.2, 0.25) is 11.6 Å². The van der Waals surface area contributed by atoms with E-state index in [1.165, 1.54) is 0 Å². The molecule has 3 unspecified atom stereocenters. The van der Waals surface area contributed by atoms with Gasteiger partial charge >= 0.3 is 0 Å². The Morgan fingerprint density at radius 2 is 1.77 bits per heavy atom. The number of hydrogen-bond donors (Lipinski definition) is 0. The molecule has 0 aliphatic heterocycles. The lowest BCUT2D eigenvalue weighted by molar-refractivity contribution is -0.141. The van der Waals surface area contributed by atoms with Gasteiger partial charge in [-0.3, -0.25) is 14.4 Å². The minimum absolute atomic E-state index is 0.180. The summed E-state index contributed by atoms with van der Waals surface area (Å²) < 4.78 is 0.180. The van der Waals surface area contributed by atoms with Gasteiger partial charge in [0.25, 0.3) is 5.78 Å². The van der Waals surface area contributed by atoms with Crippen LogP contribution in [-0.4, -0.2) is 21.3 Å². The van der Waals surface area contributed by atoms with Crippen LogP contribution in [-0.2, 0) is 14.4 Å². The predicted octanol–water partition coefficient (Wildman–Crippen LogP) is 0.927. The number of Topliss-reactive ketones (excluding diaryl/α,β-unsaturated/α-hetero) is 3. The molecule has 0 bridgehead atoms. The highest BCUT2D eigenvalue weighted by Gasteiger charge is 2.52. The molecule has 2 rings (SSSR count). The molecule has 2 aliphatic rings. The Bertz CT molecular complexity index is 297. The van der Waals surface area contributed by atoms with Crippen molar-refractivity contribution in [2.24, 2.45) is 11.8 Å². The molecule has 0 N–H and O–H groups in total. The topological polar surface area (TPSA) is 51.2 Å². The molecule has 0 saturated heterocycles. The van der Waals surface area contributed by atoms with Crippen molar-refractivity contribution in [3.05, 3.63) is 0 Å². The third-order valence-corrected chi connectivity index (χ3v) is 4.30. The second-order valence-electron chi connectivity index (χ2n) is 3.64. The monoisotopic (exact) mass is 292 g/mol. The van der Waals surface area contributed by atoms with E-state index in [1.54, 1.807) is 0 Å². The second-order valence-corrected chi connectivity index (χ2v) is 5.24. The maximum Gasteiger partial charge on any atom is 0.264 e. The molecular weight excluding hydrogens is 283 g/mol. The summed E-state index contributed by atoms with van der Waals surface area (Å²) in [6.45, 7) is 0. The van der Waals surface area contributed by atoms with E-state index in [0.717, 1.165) is 19.3 Å². The quantitative estimate of drug-likeness (QED) is 0.379. The molecule has 2 fully saturated rings. The van der Waals surface area contributed by atoms with E-state index in [-0.39, 0.29) is 15.8 Å². The Kier molecular flexibility index (Phi) is 2.25. The second kappa shape index (κ2) is 3.15. The number of ketones is 3. The highest BCUT2D eigenvalue weighted by Crippen LogP contribution is 2.40. The molecule has 3 atom stereocenters. The summed E-state index contributed by atoms with van der Waals surface area (Å²) in [6, 6.07) is 0. The third-order valence-electron chi connectivity index (χ3n) is 2.91. The van der Waals surface area contributed by atoms with E-state index in [1.807, 2.05) is 0 Å². The summed E-state index contributed by atoms with van der Waals surface area (Å²) in [5.74, 6) is -2.20. The summed E-state index contributed by atoms with van der Waals surface area (Å²) in [5, 5.41) is 0. The first-order chi connectivity index (χ1) is 6.13. The SMILES string of the molecule is O=C1C(=O)C2CCCC(I)C2C1=O. The maximum atomic E-state index is 11.4. The molecule has 2 aliphatic carbocycles. The van der Waals surface area contributed by atoms with Crippen molar-refractivity contribution in [1.29, 1.82) is 0 Å². The van der Waals surface area contributed by atoms with Gasteiger partial charge in [-0.25, -0.2) is 0 Å². The number of rotatable bonds is 0. The van der Waals surface area contributed by atoms with E-state index < -0.39 is 17.3 Å². The first-order valence-electron chi connectivity index (χ1n) is 4.39. The number of alkyl halides is 1. The Morgan fingerprint density at radius 3 is 2.38 bits per heavy atom.